The van der Waals surface area contributed by atoms with Gasteiger partial charge in [0.05, 0.1) is 0 Å². The Morgan fingerprint density at radius 3 is 0.906 bits per heavy atom. The van der Waals surface area contributed by atoms with E-state index in [0.717, 1.165) is 45.8 Å². The molecule has 8 rings (SSSR count). The van der Waals surface area contributed by atoms with Crippen LogP contribution in [0.4, 0.5) is 46.5 Å². The first kappa shape index (κ1) is 66.7. The molecule has 0 aliphatic carbocycles. The number of phenols is 2. The monoisotopic (exact) mass is 1240 g/mol. The Morgan fingerprint density at radius 1 is 0.412 bits per heavy atom. The molecule has 0 aliphatic rings. The van der Waals surface area contributed by atoms with E-state index in [-0.39, 0.29) is 35.8 Å². The molecule has 8 aromatic carbocycles. The van der Waals surface area contributed by atoms with Gasteiger partial charge in [0.1, 0.15) is 36.1 Å². The fourth-order valence-corrected chi connectivity index (χ4v) is 9.48. The maximum absolute atomic E-state index is 14.8. The van der Waals surface area contributed by atoms with Gasteiger partial charge in [-0.25, -0.2) is 27.5 Å². The second kappa shape index (κ2) is 28.6. The van der Waals surface area contributed by atoms with Crippen LogP contribution in [0.3, 0.4) is 0 Å². The van der Waals surface area contributed by atoms with E-state index in [9.17, 15) is 45.3 Å². The van der Waals surface area contributed by atoms with Crippen molar-refractivity contribution in [2.45, 2.75) is 77.0 Å². The van der Waals surface area contributed by atoms with Gasteiger partial charge in [-0.1, -0.05) is 214 Å². The van der Waals surface area contributed by atoms with E-state index in [2.05, 4.69) is 23.1 Å². The number of nitrogens with zero attached hydrogens (tertiary/aromatic N) is 2. The van der Waals surface area contributed by atoms with Crippen LogP contribution >= 0.6 is 18.6 Å². The minimum atomic E-state index is -1.72. The molecule has 2 N–H and O–H groups in total. The first-order valence-electron chi connectivity index (χ1n) is 26.4. The zero-order valence-electron chi connectivity index (χ0n) is 47.9. The third-order valence-corrected chi connectivity index (χ3v) is 14.8. The Balaban J connectivity index is 0.000000260. The summed E-state index contributed by atoms with van der Waals surface area (Å²) in [5.41, 5.74) is 1.85. The Morgan fingerprint density at radius 2 is 0.659 bits per heavy atom. The topological polar surface area (TPSA) is 83.6 Å². The number of benzene rings is 8. The summed E-state index contributed by atoms with van der Waals surface area (Å²) in [6.45, 7) is 21.8. The number of phenolic OH excluding ortho intramolecular Hbond substituents is 2. The molecule has 0 fully saturated rings. The molecule has 0 heterocycles. The zero-order valence-corrected chi connectivity index (χ0v) is 51.0. The van der Waals surface area contributed by atoms with Crippen molar-refractivity contribution in [1.82, 2.24) is 0 Å². The Bertz CT molecular complexity index is 3420. The van der Waals surface area contributed by atoms with Gasteiger partial charge in [0, 0.05) is 56.3 Å². The Hall–Kier alpha value is -7.49. The quantitative estimate of drug-likeness (QED) is 0.0295. The summed E-state index contributed by atoms with van der Waals surface area (Å²) in [4.78, 5) is 7.56. The van der Waals surface area contributed by atoms with Crippen molar-refractivity contribution in [2.24, 2.45) is 9.98 Å². The second-order valence-corrected chi connectivity index (χ2v) is 24.1. The Labute approximate surface area is 507 Å². The third kappa shape index (κ3) is 14.6. The molecular weight excluding hydrogens is 1180 g/mol. The number of halogens is 10. The van der Waals surface area contributed by atoms with Gasteiger partial charge in [0.15, 0.2) is 34.8 Å². The van der Waals surface area contributed by atoms with Crippen LogP contribution in [-0.4, -0.2) is 35.9 Å². The molecule has 0 amide bonds. The normalized spacial score (nSPS) is 11.8. The van der Waals surface area contributed by atoms with Gasteiger partial charge in [0.2, 0.25) is 23.3 Å². The van der Waals surface area contributed by atoms with Crippen LogP contribution in [0.25, 0.3) is 0 Å². The number of hydrogen-bond acceptors (Lipinski definition) is 6. The molecule has 0 saturated heterocycles. The van der Waals surface area contributed by atoms with Gasteiger partial charge >= 0.3 is 35.6 Å². The van der Waals surface area contributed by atoms with Crippen molar-refractivity contribution >= 4 is 42.4 Å². The molecule has 0 bridgehead atoms. The predicted octanol–water partition coefficient (Wildman–Crippen LogP) is 19.2. The molecule has 0 aromatic heterocycles. The molecule has 8 aromatic rings. The summed E-state index contributed by atoms with van der Waals surface area (Å²) in [6.07, 6.45) is 4.38. The van der Waals surface area contributed by atoms with E-state index in [1.54, 1.807) is 12.1 Å². The average Bonchev–Trinajstić information content (AvgIpc) is 2.24. The van der Waals surface area contributed by atoms with Crippen LogP contribution in [-0.2, 0) is 38.7 Å². The van der Waals surface area contributed by atoms with Crippen LogP contribution in [0.5, 0.6) is 23.0 Å². The van der Waals surface area contributed by atoms with Crippen molar-refractivity contribution in [1.29, 1.82) is 0 Å². The SMILES string of the molecule is C=CCOc1c(F)c(F)c(N=Cc2cc(C(C)(C)c3ccccc3)cc(C(C)(C)c3ccccc3)c2O)c(F)c1F.C=CCOc1c(F)c(F)c(N=Cc2cc(C(C)(C)c3ccccc3)cc(C(C)(C)c3ccccc3)c2O)c(F)c1F.[Cl][Ti][Cl]. The van der Waals surface area contributed by atoms with E-state index in [0.29, 0.717) is 11.1 Å². The fraction of sp³-hybridized carbons (Fsp3) is 0.206. The van der Waals surface area contributed by atoms with Gasteiger partial charge in [-0.3, -0.25) is 0 Å². The van der Waals surface area contributed by atoms with Crippen molar-refractivity contribution in [3.8, 4) is 23.0 Å². The van der Waals surface area contributed by atoms with E-state index in [4.69, 9.17) is 28.1 Å². The fourth-order valence-electron chi connectivity index (χ4n) is 9.48. The number of hydrogen-bond donors (Lipinski definition) is 2. The van der Waals surface area contributed by atoms with E-state index < -0.39 is 108 Å². The Kier molecular flexibility index (Phi) is 22.4. The molecular formula is C68H62Cl2F8N2O4Ti. The van der Waals surface area contributed by atoms with Crippen LogP contribution in [0.1, 0.15) is 111 Å². The molecule has 0 atom stereocenters. The summed E-state index contributed by atoms with van der Waals surface area (Å²) >= 11 is -0.556. The number of aromatic hydroxyl groups is 2. The maximum atomic E-state index is 14.8. The number of rotatable bonds is 18. The van der Waals surface area contributed by atoms with Crippen LogP contribution in [0, 0.1) is 46.5 Å². The summed E-state index contributed by atoms with van der Waals surface area (Å²) < 4.78 is 127. The molecule has 0 unspecified atom stereocenters. The first-order chi connectivity index (χ1) is 40.2. The summed E-state index contributed by atoms with van der Waals surface area (Å²) in [5.74, 6) is -16.5. The summed E-state index contributed by atoms with van der Waals surface area (Å²) in [5, 5.41) is 22.9. The third-order valence-electron chi connectivity index (χ3n) is 14.8. The van der Waals surface area contributed by atoms with Gasteiger partial charge in [-0.15, -0.1) is 0 Å². The molecule has 0 saturated carbocycles. The van der Waals surface area contributed by atoms with Crippen LogP contribution < -0.4 is 9.47 Å². The summed E-state index contributed by atoms with van der Waals surface area (Å²) in [6, 6.07) is 45.7. The standard InChI is InChI=1S/2C34H31F4NO2.2ClH.Ti/c2*1-6-17-41-32-28(37)26(35)30(27(36)29(32)38)39-20-21-18-24(33(2,3)22-13-9-7-10-14-22)19-25(31(21)40)34(4,5)23-15-11-8-12-16-23;;;/h2*6-16,18-20,40H,1,17H2,2-5H3;2*1H;/q;;;;+2/p-2. The average molecular weight is 1240 g/mol. The van der Waals surface area contributed by atoms with Crippen LogP contribution in [0.2, 0.25) is 0 Å². The van der Waals surface area contributed by atoms with E-state index in [1.165, 1.54) is 12.2 Å². The van der Waals surface area contributed by atoms with Crippen LogP contribution in [0.15, 0.2) is 181 Å². The van der Waals surface area contributed by atoms with Crippen molar-refractivity contribution < 1.29 is 71.8 Å². The minimum absolute atomic E-state index is 0.122. The molecule has 6 nitrogen and oxygen atoms in total. The van der Waals surface area contributed by atoms with Gasteiger partial charge < -0.3 is 19.7 Å². The van der Waals surface area contributed by atoms with Gasteiger partial charge in [-0.05, 0) is 45.5 Å². The second-order valence-electron chi connectivity index (χ2n) is 21.5. The molecule has 0 spiro atoms. The van der Waals surface area contributed by atoms with Crippen molar-refractivity contribution in [3.05, 3.63) is 273 Å². The van der Waals surface area contributed by atoms with Gasteiger partial charge in [-0.2, -0.15) is 17.6 Å². The molecule has 85 heavy (non-hydrogen) atoms. The molecule has 17 heteroatoms. The van der Waals surface area contributed by atoms with Gasteiger partial charge in [0.25, 0.3) is 0 Å². The van der Waals surface area contributed by atoms with Crippen molar-refractivity contribution in [3.63, 3.8) is 0 Å². The number of ether oxygens (including phenoxy) is 2. The van der Waals surface area contributed by atoms with E-state index in [1.807, 2.05) is 189 Å². The first-order valence-corrected chi connectivity index (χ1v) is 30.7. The summed E-state index contributed by atoms with van der Waals surface area (Å²) in [7, 11) is 9.78. The number of aliphatic imine (C=N–C) groups is 2. The molecule has 0 radical (unpaired) electrons. The molecule has 442 valence electrons. The predicted molar refractivity (Wildman–Crippen MR) is 321 cm³/mol. The zero-order chi connectivity index (χ0) is 62.6. The molecule has 0 aliphatic heterocycles. The van der Waals surface area contributed by atoms with Crippen molar-refractivity contribution in [2.75, 3.05) is 13.2 Å². The van der Waals surface area contributed by atoms with E-state index >= 15 is 0 Å².